The van der Waals surface area contributed by atoms with Crippen LogP contribution in [0.2, 0.25) is 0 Å². The summed E-state index contributed by atoms with van der Waals surface area (Å²) in [6.45, 7) is 9.66. The van der Waals surface area contributed by atoms with E-state index in [9.17, 15) is 10.2 Å². The molecular formula is C39H52N4O4. The average molecular weight is 641 g/mol. The molecule has 0 radical (unpaired) electrons. The van der Waals surface area contributed by atoms with E-state index in [2.05, 4.69) is 72.2 Å². The number of aliphatic hydroxyl groups excluding tert-OH is 2. The predicted molar refractivity (Wildman–Crippen MR) is 190 cm³/mol. The van der Waals surface area contributed by atoms with E-state index in [1.165, 1.54) is 11.1 Å². The summed E-state index contributed by atoms with van der Waals surface area (Å²) in [6.07, 6.45) is -1.27. The summed E-state index contributed by atoms with van der Waals surface area (Å²) in [7, 11) is 0. The molecule has 0 aliphatic carbocycles. The lowest BCUT2D eigenvalue weighted by Crippen LogP contribution is -2.38. The van der Waals surface area contributed by atoms with E-state index in [-0.39, 0.29) is 18.6 Å². The van der Waals surface area contributed by atoms with Crippen LogP contribution in [0.15, 0.2) is 109 Å². The van der Waals surface area contributed by atoms with Crippen molar-refractivity contribution < 1.29 is 19.7 Å². The van der Waals surface area contributed by atoms with Crippen LogP contribution < -0.4 is 20.9 Å². The zero-order valence-electron chi connectivity index (χ0n) is 27.9. The summed E-state index contributed by atoms with van der Waals surface area (Å²) in [4.78, 5) is 4.30. The molecule has 0 aliphatic heterocycles. The van der Waals surface area contributed by atoms with Crippen LogP contribution >= 0.6 is 0 Å². The van der Waals surface area contributed by atoms with Crippen molar-refractivity contribution in [3.63, 3.8) is 0 Å². The van der Waals surface area contributed by atoms with Gasteiger partial charge in [0.1, 0.15) is 36.9 Å². The highest BCUT2D eigenvalue weighted by atomic mass is 16.5. The molecular weight excluding hydrogens is 588 g/mol. The number of ether oxygens (including phenoxy) is 2. The Balaban J connectivity index is 1.25. The Kier molecular flexibility index (Phi) is 14.2. The standard InChI is InChI=1S/C39H52N4O4/c1-39(2,33-13-17-37(18-14-33)46-29-35(44)27-42(23-21-40)25-31-9-5-3-6-10-31)34-15-19-38(20-16-34)47-30-36(45)28-43(24-22-41)26-32-11-7-4-8-12-32/h3-20,35-36,44-45H,21-30,40-41H2,1-2H3. The Labute approximate surface area is 280 Å². The van der Waals surface area contributed by atoms with Crippen LogP contribution in [0.25, 0.3) is 0 Å². The highest BCUT2D eigenvalue weighted by Crippen LogP contribution is 2.33. The normalized spacial score (nSPS) is 13.1. The summed E-state index contributed by atoms with van der Waals surface area (Å²) in [5, 5.41) is 21.4. The first-order valence-electron chi connectivity index (χ1n) is 16.5. The molecule has 0 fully saturated rings. The quantitative estimate of drug-likeness (QED) is 0.112. The van der Waals surface area contributed by atoms with Crippen LogP contribution in [0.4, 0.5) is 0 Å². The van der Waals surface area contributed by atoms with Crippen molar-refractivity contribution in [2.45, 2.75) is 44.6 Å². The van der Waals surface area contributed by atoms with Crippen molar-refractivity contribution >= 4 is 0 Å². The number of nitrogens with two attached hydrogens (primary N) is 2. The second kappa shape index (κ2) is 18.5. The monoisotopic (exact) mass is 640 g/mol. The third-order valence-electron chi connectivity index (χ3n) is 8.36. The Morgan fingerprint density at radius 1 is 0.574 bits per heavy atom. The molecule has 2 unspecified atom stereocenters. The molecule has 4 aromatic rings. The zero-order chi connectivity index (χ0) is 33.5. The smallest absolute Gasteiger partial charge is 0.119 e. The largest absolute Gasteiger partial charge is 0.491 e. The molecule has 0 bridgehead atoms. The Morgan fingerprint density at radius 2 is 0.936 bits per heavy atom. The van der Waals surface area contributed by atoms with Gasteiger partial charge in [-0.1, -0.05) is 98.8 Å². The van der Waals surface area contributed by atoms with Crippen LogP contribution in [0.1, 0.15) is 36.1 Å². The fraction of sp³-hybridized carbons (Fsp3) is 0.385. The molecule has 0 aliphatic rings. The lowest BCUT2D eigenvalue weighted by molar-refractivity contribution is 0.0665. The van der Waals surface area contributed by atoms with Gasteiger partial charge in [0.25, 0.3) is 0 Å². The third kappa shape index (κ3) is 11.8. The van der Waals surface area contributed by atoms with Gasteiger partial charge in [0, 0.05) is 57.8 Å². The molecule has 0 spiro atoms. The Bertz CT molecular complexity index is 1310. The van der Waals surface area contributed by atoms with Crippen LogP contribution in [0.3, 0.4) is 0 Å². The molecule has 4 rings (SSSR count). The first kappa shape index (κ1) is 36.1. The minimum atomic E-state index is -0.637. The molecule has 4 aromatic carbocycles. The van der Waals surface area contributed by atoms with Gasteiger partial charge in [-0.25, -0.2) is 0 Å². The highest BCUT2D eigenvalue weighted by Gasteiger charge is 2.23. The van der Waals surface area contributed by atoms with E-state index in [0.29, 0.717) is 50.8 Å². The number of nitrogens with zero attached hydrogens (tertiary/aromatic N) is 2. The number of rotatable bonds is 20. The zero-order valence-corrected chi connectivity index (χ0v) is 27.9. The maximum Gasteiger partial charge on any atom is 0.119 e. The van der Waals surface area contributed by atoms with E-state index < -0.39 is 12.2 Å². The highest BCUT2D eigenvalue weighted by molar-refractivity contribution is 5.42. The summed E-state index contributed by atoms with van der Waals surface area (Å²) in [5.41, 5.74) is 16.0. The van der Waals surface area contributed by atoms with Crippen LogP contribution in [0, 0.1) is 0 Å². The average Bonchev–Trinajstić information content (AvgIpc) is 3.08. The van der Waals surface area contributed by atoms with Crippen molar-refractivity contribution in [2.24, 2.45) is 11.5 Å². The summed E-state index contributed by atoms with van der Waals surface area (Å²) < 4.78 is 11.9. The van der Waals surface area contributed by atoms with Crippen molar-refractivity contribution in [3.8, 4) is 11.5 Å². The molecule has 252 valence electrons. The van der Waals surface area contributed by atoms with Gasteiger partial charge >= 0.3 is 0 Å². The number of aliphatic hydroxyl groups is 2. The molecule has 0 amide bonds. The topological polar surface area (TPSA) is 117 Å². The first-order valence-corrected chi connectivity index (χ1v) is 16.5. The summed E-state index contributed by atoms with van der Waals surface area (Å²) in [5.74, 6) is 1.43. The minimum Gasteiger partial charge on any atom is -0.491 e. The Morgan fingerprint density at radius 3 is 1.28 bits per heavy atom. The minimum absolute atomic E-state index is 0.201. The summed E-state index contributed by atoms with van der Waals surface area (Å²) >= 11 is 0. The number of hydrogen-bond donors (Lipinski definition) is 4. The van der Waals surface area contributed by atoms with E-state index in [0.717, 1.165) is 24.2 Å². The van der Waals surface area contributed by atoms with Gasteiger partial charge in [-0.3, -0.25) is 9.80 Å². The maximum atomic E-state index is 10.7. The van der Waals surface area contributed by atoms with Gasteiger partial charge in [0.05, 0.1) is 0 Å². The van der Waals surface area contributed by atoms with Crippen molar-refractivity contribution in [2.75, 3.05) is 52.5 Å². The summed E-state index contributed by atoms with van der Waals surface area (Å²) in [6, 6.07) is 36.5. The van der Waals surface area contributed by atoms with Crippen LogP contribution in [0.5, 0.6) is 11.5 Å². The van der Waals surface area contributed by atoms with E-state index in [1.54, 1.807) is 0 Å². The molecule has 0 aromatic heterocycles. The van der Waals surface area contributed by atoms with E-state index in [1.807, 2.05) is 60.7 Å². The van der Waals surface area contributed by atoms with Gasteiger partial charge < -0.3 is 31.2 Å². The molecule has 8 nitrogen and oxygen atoms in total. The van der Waals surface area contributed by atoms with Gasteiger partial charge in [0.2, 0.25) is 0 Å². The van der Waals surface area contributed by atoms with Crippen molar-refractivity contribution in [3.05, 3.63) is 131 Å². The Hall–Kier alpha value is -3.76. The van der Waals surface area contributed by atoms with Gasteiger partial charge in [-0.15, -0.1) is 0 Å². The van der Waals surface area contributed by atoms with E-state index in [4.69, 9.17) is 20.9 Å². The molecule has 2 atom stereocenters. The lowest BCUT2D eigenvalue weighted by Gasteiger charge is -2.27. The van der Waals surface area contributed by atoms with Gasteiger partial charge in [-0.2, -0.15) is 0 Å². The molecule has 47 heavy (non-hydrogen) atoms. The van der Waals surface area contributed by atoms with E-state index >= 15 is 0 Å². The molecule has 8 heteroatoms. The molecule has 0 saturated carbocycles. The number of benzene rings is 4. The fourth-order valence-electron chi connectivity index (χ4n) is 5.71. The molecule has 0 saturated heterocycles. The maximum absolute atomic E-state index is 10.7. The molecule has 6 N–H and O–H groups in total. The van der Waals surface area contributed by atoms with Crippen LogP contribution in [-0.2, 0) is 18.5 Å². The second-order valence-corrected chi connectivity index (χ2v) is 12.6. The lowest BCUT2D eigenvalue weighted by atomic mass is 9.78. The van der Waals surface area contributed by atoms with Crippen molar-refractivity contribution in [1.82, 2.24) is 9.80 Å². The fourth-order valence-corrected chi connectivity index (χ4v) is 5.71. The second-order valence-electron chi connectivity index (χ2n) is 12.6. The van der Waals surface area contributed by atoms with Gasteiger partial charge in [-0.05, 0) is 46.5 Å². The van der Waals surface area contributed by atoms with Crippen LogP contribution in [-0.4, -0.2) is 84.7 Å². The third-order valence-corrected chi connectivity index (χ3v) is 8.36. The number of hydrogen-bond acceptors (Lipinski definition) is 8. The molecule has 0 heterocycles. The van der Waals surface area contributed by atoms with Crippen molar-refractivity contribution in [1.29, 1.82) is 0 Å². The SMILES string of the molecule is CC(C)(c1ccc(OCC(O)CN(CCN)Cc2ccccc2)cc1)c1ccc(OCC(O)CN(CCN)Cc2ccccc2)cc1. The first-order chi connectivity index (χ1) is 22.8. The van der Waals surface area contributed by atoms with Gasteiger partial charge in [0.15, 0.2) is 0 Å². The predicted octanol–water partition coefficient (Wildman–Crippen LogP) is 4.41.